The zero-order chi connectivity index (χ0) is 43.9. The van der Waals surface area contributed by atoms with Crippen LogP contribution < -0.4 is 25.6 Å². The molecule has 6 heterocycles. The van der Waals surface area contributed by atoms with Crippen LogP contribution in [0.25, 0.3) is 22.8 Å². The molecule has 0 spiro atoms. The Morgan fingerprint density at radius 3 is 1.69 bits per heavy atom. The number of nitrogens with zero attached hydrogens (tertiary/aromatic N) is 10. The molecule has 3 N–H and O–H groups in total. The summed E-state index contributed by atoms with van der Waals surface area (Å²) in [5.41, 5.74) is 8.16. The third kappa shape index (κ3) is 13.3. The van der Waals surface area contributed by atoms with Gasteiger partial charge in [-0.2, -0.15) is 8.73 Å². The number of hydrogen-bond acceptors (Lipinski definition) is 17. The SMILES string of the molecule is COc1ccc(CNc2cc(-c3nc(N=S(C)(C)=O)cc(N4CCOC[C@H]4C)n3)cc(Cl)n2)cc1.C[C@@H]1COCCN1c1cc(N=S(C)(C)=O)nc(-c2cc(N)nc(Cl)c2)n1. The minimum absolute atomic E-state index is 0.134. The van der Waals surface area contributed by atoms with Crippen molar-refractivity contribution >= 4 is 77.6 Å². The lowest BCUT2D eigenvalue weighted by Crippen LogP contribution is -2.44. The van der Waals surface area contributed by atoms with Crippen LogP contribution in [0.15, 0.2) is 69.4 Å². The van der Waals surface area contributed by atoms with Crippen molar-refractivity contribution in [2.75, 3.05) is 92.5 Å². The smallest absolute Gasteiger partial charge is 0.167 e. The van der Waals surface area contributed by atoms with Crippen LogP contribution in [-0.2, 0) is 35.5 Å². The molecule has 17 nitrogen and oxygen atoms in total. The highest BCUT2D eigenvalue weighted by molar-refractivity contribution is 7.92. The van der Waals surface area contributed by atoms with E-state index in [2.05, 4.69) is 62.6 Å². The van der Waals surface area contributed by atoms with Crippen LogP contribution in [0.5, 0.6) is 5.75 Å². The molecule has 0 saturated carbocycles. The van der Waals surface area contributed by atoms with Gasteiger partial charge in [0, 0.05) is 87.4 Å². The number of hydrogen-bond donors (Lipinski definition) is 2. The fraction of sp³-hybridized carbons (Fsp3) is 0.400. The molecule has 2 aliphatic rings. The average Bonchev–Trinajstić information content (AvgIpc) is 3.19. The third-order valence-electron chi connectivity index (χ3n) is 9.11. The molecule has 0 amide bonds. The summed E-state index contributed by atoms with van der Waals surface area (Å²) < 4.78 is 49.4. The van der Waals surface area contributed by atoms with Gasteiger partial charge in [-0.05, 0) is 55.8 Å². The molecule has 2 aliphatic heterocycles. The van der Waals surface area contributed by atoms with Crippen LogP contribution in [0.2, 0.25) is 10.3 Å². The monoisotopic (exact) mass is 912 g/mol. The molecule has 0 unspecified atom stereocenters. The largest absolute Gasteiger partial charge is 0.497 e. The average molecular weight is 914 g/mol. The Hall–Kier alpha value is -4.92. The fourth-order valence-corrected chi connectivity index (χ4v) is 7.89. The number of benzene rings is 1. The number of anilines is 4. The minimum Gasteiger partial charge on any atom is -0.497 e. The lowest BCUT2D eigenvalue weighted by atomic mass is 10.2. The van der Waals surface area contributed by atoms with E-state index in [0.29, 0.717) is 103 Å². The van der Waals surface area contributed by atoms with Crippen LogP contribution in [0.3, 0.4) is 0 Å². The van der Waals surface area contributed by atoms with E-state index in [1.165, 1.54) is 0 Å². The van der Waals surface area contributed by atoms with E-state index in [1.54, 1.807) is 62.5 Å². The molecule has 0 radical (unpaired) electrons. The zero-order valence-corrected chi connectivity index (χ0v) is 38.2. The van der Waals surface area contributed by atoms with Gasteiger partial charge in [-0.3, -0.25) is 0 Å². The Morgan fingerprint density at radius 1 is 0.738 bits per heavy atom. The van der Waals surface area contributed by atoms with Crippen molar-refractivity contribution in [3.05, 3.63) is 76.5 Å². The molecule has 1 aromatic carbocycles. The molecule has 61 heavy (non-hydrogen) atoms. The summed E-state index contributed by atoms with van der Waals surface area (Å²) in [7, 11) is -3.15. The van der Waals surface area contributed by atoms with Crippen LogP contribution >= 0.6 is 23.2 Å². The molecule has 2 atom stereocenters. The van der Waals surface area contributed by atoms with Gasteiger partial charge in [0.2, 0.25) is 0 Å². The summed E-state index contributed by atoms with van der Waals surface area (Å²) in [5.74, 6) is 4.60. The minimum atomic E-state index is -2.42. The van der Waals surface area contributed by atoms with E-state index >= 15 is 0 Å². The number of halogens is 2. The maximum absolute atomic E-state index is 12.4. The van der Waals surface area contributed by atoms with Crippen molar-refractivity contribution in [3.63, 3.8) is 0 Å². The molecular weight excluding hydrogens is 864 g/mol. The van der Waals surface area contributed by atoms with E-state index < -0.39 is 19.5 Å². The molecule has 5 aromatic rings. The van der Waals surface area contributed by atoms with Crippen molar-refractivity contribution < 1.29 is 22.6 Å². The number of nitrogens with one attached hydrogen (secondary N) is 1. The van der Waals surface area contributed by atoms with Gasteiger partial charge in [0.1, 0.15) is 39.3 Å². The first-order chi connectivity index (χ1) is 28.9. The molecule has 4 aromatic heterocycles. The molecule has 21 heteroatoms. The van der Waals surface area contributed by atoms with E-state index in [4.69, 9.17) is 48.1 Å². The standard InChI is InChI=1S/C24H29ClN6O3S.C16H21ClN6O2S/c1-16-15-34-10-9-31(16)23-13-22(30-35(3,4)32)28-24(29-23)18-11-20(25)27-21(12-18)26-14-17-5-7-19(33-2)8-6-17;1-10-9-25-5-4-23(10)15-8-14(22-26(2,3)24)20-16(21-15)11-6-12(17)19-13(18)7-11/h5-8,11-13,16H,9-10,14-15H2,1-4H3,(H,26,27);6-8,10H,4-5,9H2,1-3H3,(H2,18,19)/t16-;10-/m11/s1. The number of nitrogen functional groups attached to an aromatic ring is 1. The van der Waals surface area contributed by atoms with Crippen molar-refractivity contribution in [2.45, 2.75) is 32.5 Å². The predicted molar refractivity (Wildman–Crippen MR) is 245 cm³/mol. The number of aromatic nitrogens is 6. The first kappa shape index (κ1) is 45.6. The molecule has 2 fully saturated rings. The van der Waals surface area contributed by atoms with Gasteiger partial charge >= 0.3 is 0 Å². The van der Waals surface area contributed by atoms with E-state index in [-0.39, 0.29) is 23.1 Å². The van der Waals surface area contributed by atoms with Crippen LogP contribution in [0.1, 0.15) is 19.4 Å². The van der Waals surface area contributed by atoms with E-state index in [9.17, 15) is 8.42 Å². The number of rotatable bonds is 10. The van der Waals surface area contributed by atoms with Crippen molar-refractivity contribution in [2.24, 2.45) is 8.73 Å². The summed E-state index contributed by atoms with van der Waals surface area (Å²) in [4.78, 5) is 31.1. The van der Waals surface area contributed by atoms with Crippen LogP contribution in [0, 0.1) is 0 Å². The maximum atomic E-state index is 12.4. The van der Waals surface area contributed by atoms with Crippen LogP contribution in [-0.4, -0.2) is 122 Å². The van der Waals surface area contributed by atoms with E-state index in [0.717, 1.165) is 11.3 Å². The Morgan fingerprint density at radius 2 is 1.23 bits per heavy atom. The van der Waals surface area contributed by atoms with Gasteiger partial charge < -0.3 is 35.1 Å². The van der Waals surface area contributed by atoms with Gasteiger partial charge in [-0.15, -0.1) is 0 Å². The zero-order valence-electron chi connectivity index (χ0n) is 35.0. The summed E-state index contributed by atoms with van der Waals surface area (Å²) in [6, 6.07) is 18.4. The van der Waals surface area contributed by atoms with Gasteiger partial charge in [0.25, 0.3) is 0 Å². The Bertz CT molecular complexity index is 2570. The first-order valence-corrected chi connectivity index (χ1v) is 24.6. The normalized spacial score (nSPS) is 16.9. The Balaban J connectivity index is 0.000000213. The molecule has 326 valence electrons. The predicted octanol–water partition coefficient (Wildman–Crippen LogP) is 6.76. The quantitative estimate of drug-likeness (QED) is 0.139. The maximum Gasteiger partial charge on any atom is 0.167 e. The molecule has 2 saturated heterocycles. The number of nitrogens with two attached hydrogens (primary N) is 1. The highest BCUT2D eigenvalue weighted by Crippen LogP contribution is 2.31. The second-order valence-electron chi connectivity index (χ2n) is 15.0. The molecule has 7 rings (SSSR count). The van der Waals surface area contributed by atoms with Gasteiger partial charge in [-0.25, -0.2) is 38.3 Å². The first-order valence-electron chi connectivity index (χ1n) is 19.2. The number of pyridine rings is 2. The second kappa shape index (κ2) is 19.9. The van der Waals surface area contributed by atoms with Crippen molar-refractivity contribution in [1.82, 2.24) is 29.9 Å². The lowest BCUT2D eigenvalue weighted by molar-refractivity contribution is 0.0985. The Labute approximate surface area is 367 Å². The summed E-state index contributed by atoms with van der Waals surface area (Å²) in [6.07, 6.45) is 6.28. The van der Waals surface area contributed by atoms with Crippen molar-refractivity contribution in [1.29, 1.82) is 0 Å². The van der Waals surface area contributed by atoms with Gasteiger partial charge in [-0.1, -0.05) is 35.3 Å². The third-order valence-corrected chi connectivity index (χ3v) is 10.7. The molecule has 0 aliphatic carbocycles. The van der Waals surface area contributed by atoms with Crippen LogP contribution in [0.4, 0.5) is 34.9 Å². The molecular formula is C40H50Cl2N12O5S2. The summed E-state index contributed by atoms with van der Waals surface area (Å²) >= 11 is 12.4. The number of ether oxygens (including phenoxy) is 3. The van der Waals surface area contributed by atoms with E-state index in [1.807, 2.05) is 30.3 Å². The lowest BCUT2D eigenvalue weighted by Gasteiger charge is -2.34. The topological polar surface area (TPSA) is 208 Å². The summed E-state index contributed by atoms with van der Waals surface area (Å²) in [5, 5.41) is 3.86. The second-order valence-corrected chi connectivity index (χ2v) is 20.8. The Kier molecular flexibility index (Phi) is 14.8. The van der Waals surface area contributed by atoms with Crippen molar-refractivity contribution in [3.8, 4) is 28.5 Å². The highest BCUT2D eigenvalue weighted by atomic mass is 35.5. The number of morpholine rings is 2. The highest BCUT2D eigenvalue weighted by Gasteiger charge is 2.24. The fourth-order valence-electron chi connectivity index (χ4n) is 6.37. The summed E-state index contributed by atoms with van der Waals surface area (Å²) in [6.45, 7) is 8.50. The molecule has 0 bridgehead atoms. The van der Waals surface area contributed by atoms with Gasteiger partial charge in [0.15, 0.2) is 23.3 Å². The number of methoxy groups -OCH3 is 1. The van der Waals surface area contributed by atoms with Gasteiger partial charge in [0.05, 0.1) is 45.6 Å².